The minimum Gasteiger partial charge on any atom is -0.508 e. The van der Waals surface area contributed by atoms with Gasteiger partial charge in [-0.1, -0.05) is 0 Å². The Kier molecular flexibility index (Phi) is 5.03. The van der Waals surface area contributed by atoms with E-state index in [0.717, 1.165) is 11.1 Å². The predicted octanol–water partition coefficient (Wildman–Crippen LogP) is 2.33. The lowest BCUT2D eigenvalue weighted by atomic mass is 10.1. The number of nitrogens with one attached hydrogen (secondary N) is 2. The number of phenolic OH excluding ortho intramolecular Hbond substituents is 2. The van der Waals surface area contributed by atoms with Crippen molar-refractivity contribution in [2.24, 2.45) is 0 Å². The average molecular weight is 288 g/mol. The molecule has 0 aliphatic heterocycles. The van der Waals surface area contributed by atoms with E-state index in [1.807, 2.05) is 14.1 Å². The van der Waals surface area contributed by atoms with Crippen molar-refractivity contribution in [3.8, 4) is 23.0 Å². The van der Waals surface area contributed by atoms with Crippen LogP contribution < -0.4 is 15.4 Å². The maximum atomic E-state index is 9.75. The Bertz CT molecular complexity index is 561. The maximum Gasteiger partial charge on any atom is 0.128 e. The smallest absolute Gasteiger partial charge is 0.128 e. The van der Waals surface area contributed by atoms with Crippen LogP contribution in [0.5, 0.6) is 23.0 Å². The summed E-state index contributed by atoms with van der Waals surface area (Å²) < 4.78 is 5.78. The van der Waals surface area contributed by atoms with E-state index in [2.05, 4.69) is 10.6 Å². The van der Waals surface area contributed by atoms with E-state index in [4.69, 9.17) is 4.74 Å². The number of phenols is 2. The summed E-state index contributed by atoms with van der Waals surface area (Å²) in [7, 11) is 3.63. The van der Waals surface area contributed by atoms with Gasteiger partial charge in [0.25, 0.3) is 0 Å². The van der Waals surface area contributed by atoms with Gasteiger partial charge in [-0.15, -0.1) is 0 Å². The second kappa shape index (κ2) is 6.97. The van der Waals surface area contributed by atoms with Crippen molar-refractivity contribution < 1.29 is 14.9 Å². The highest BCUT2D eigenvalue weighted by Crippen LogP contribution is 2.29. The number of ether oxygens (including phenoxy) is 1. The molecule has 112 valence electrons. The zero-order valence-electron chi connectivity index (χ0n) is 12.2. The highest BCUT2D eigenvalue weighted by Gasteiger charge is 2.06. The topological polar surface area (TPSA) is 73.8 Å². The third-order valence-electron chi connectivity index (χ3n) is 3.07. The van der Waals surface area contributed by atoms with Crippen molar-refractivity contribution in [1.82, 2.24) is 10.6 Å². The van der Waals surface area contributed by atoms with Crippen LogP contribution >= 0.6 is 0 Å². The third-order valence-corrected chi connectivity index (χ3v) is 3.07. The Hall–Kier alpha value is -2.24. The molecule has 0 spiro atoms. The highest BCUT2D eigenvalue weighted by molar-refractivity contribution is 5.44. The zero-order chi connectivity index (χ0) is 15.2. The molecule has 0 aromatic heterocycles. The fraction of sp³-hybridized carbons (Fsp3) is 0.250. The first-order chi connectivity index (χ1) is 10.1. The van der Waals surface area contributed by atoms with Gasteiger partial charge in [-0.3, -0.25) is 0 Å². The summed E-state index contributed by atoms with van der Waals surface area (Å²) in [5.74, 6) is 1.75. The maximum absolute atomic E-state index is 9.75. The van der Waals surface area contributed by atoms with Crippen molar-refractivity contribution in [1.29, 1.82) is 0 Å². The fourth-order valence-corrected chi connectivity index (χ4v) is 2.05. The van der Waals surface area contributed by atoms with Crippen LogP contribution in [0.15, 0.2) is 36.4 Å². The summed E-state index contributed by atoms with van der Waals surface area (Å²) in [6.07, 6.45) is 0. The molecule has 21 heavy (non-hydrogen) atoms. The quantitative estimate of drug-likeness (QED) is 0.656. The average Bonchev–Trinajstić information content (AvgIpc) is 2.47. The first-order valence-corrected chi connectivity index (χ1v) is 6.75. The van der Waals surface area contributed by atoms with E-state index in [1.165, 1.54) is 0 Å². The number of aromatic hydroxyl groups is 2. The monoisotopic (exact) mass is 288 g/mol. The van der Waals surface area contributed by atoms with Gasteiger partial charge in [0.05, 0.1) is 0 Å². The Morgan fingerprint density at radius 2 is 1.24 bits per heavy atom. The van der Waals surface area contributed by atoms with Crippen LogP contribution in [0.25, 0.3) is 0 Å². The lowest BCUT2D eigenvalue weighted by molar-refractivity contribution is 0.450. The first kappa shape index (κ1) is 15.2. The Balaban J connectivity index is 2.21. The van der Waals surface area contributed by atoms with E-state index < -0.39 is 0 Å². The summed E-state index contributed by atoms with van der Waals surface area (Å²) in [5.41, 5.74) is 1.54. The molecular formula is C16H20N2O3. The molecule has 4 N–H and O–H groups in total. The lowest BCUT2D eigenvalue weighted by Gasteiger charge is -2.11. The third kappa shape index (κ3) is 3.87. The van der Waals surface area contributed by atoms with Crippen LogP contribution in [-0.2, 0) is 13.1 Å². The minimum absolute atomic E-state index is 0.235. The summed E-state index contributed by atoms with van der Waals surface area (Å²) in [6, 6.07) is 10.2. The normalized spacial score (nSPS) is 10.6. The van der Waals surface area contributed by atoms with Gasteiger partial charge in [-0.05, 0) is 50.5 Å². The van der Waals surface area contributed by atoms with Crippen LogP contribution in [0.2, 0.25) is 0 Å². The lowest BCUT2D eigenvalue weighted by Crippen LogP contribution is -2.05. The van der Waals surface area contributed by atoms with Crippen LogP contribution in [0.3, 0.4) is 0 Å². The molecule has 0 amide bonds. The molecule has 0 aliphatic rings. The summed E-state index contributed by atoms with van der Waals surface area (Å²) in [6.45, 7) is 1.12. The summed E-state index contributed by atoms with van der Waals surface area (Å²) in [4.78, 5) is 0. The fourth-order valence-electron chi connectivity index (χ4n) is 2.05. The van der Waals surface area contributed by atoms with Crippen LogP contribution in [0.4, 0.5) is 0 Å². The van der Waals surface area contributed by atoms with E-state index in [9.17, 15) is 10.2 Å². The van der Waals surface area contributed by atoms with E-state index in [1.54, 1.807) is 36.4 Å². The highest BCUT2D eigenvalue weighted by atomic mass is 16.5. The Morgan fingerprint density at radius 1 is 0.810 bits per heavy atom. The number of hydrogen-bond donors (Lipinski definition) is 4. The van der Waals surface area contributed by atoms with Gasteiger partial charge in [0.2, 0.25) is 0 Å². The minimum atomic E-state index is 0.235. The van der Waals surface area contributed by atoms with Gasteiger partial charge >= 0.3 is 0 Å². The molecule has 0 atom stereocenters. The van der Waals surface area contributed by atoms with Crippen molar-refractivity contribution in [2.75, 3.05) is 14.1 Å². The molecule has 2 aromatic carbocycles. The van der Waals surface area contributed by atoms with Gasteiger partial charge in [0, 0.05) is 24.2 Å². The largest absolute Gasteiger partial charge is 0.508 e. The van der Waals surface area contributed by atoms with E-state index in [0.29, 0.717) is 24.6 Å². The standard InChI is InChI=1S/C16H20N2O3/c1-17-9-11-7-13(3-5-15(11)19)21-14-4-6-16(20)12(8-14)10-18-2/h3-8,17-20H,9-10H2,1-2H3. The molecule has 5 heteroatoms. The number of benzene rings is 2. The van der Waals surface area contributed by atoms with Crippen molar-refractivity contribution in [3.05, 3.63) is 47.5 Å². The van der Waals surface area contributed by atoms with Crippen molar-refractivity contribution in [2.45, 2.75) is 13.1 Å². The molecule has 0 bridgehead atoms. The molecule has 0 saturated carbocycles. The predicted molar refractivity (Wildman–Crippen MR) is 81.8 cm³/mol. The molecule has 0 radical (unpaired) electrons. The molecule has 2 rings (SSSR count). The Labute approximate surface area is 124 Å². The summed E-state index contributed by atoms with van der Waals surface area (Å²) in [5, 5.41) is 25.5. The first-order valence-electron chi connectivity index (χ1n) is 6.75. The molecule has 0 fully saturated rings. The molecule has 0 saturated heterocycles. The van der Waals surface area contributed by atoms with Gasteiger partial charge in [-0.2, -0.15) is 0 Å². The number of hydrogen-bond acceptors (Lipinski definition) is 5. The Morgan fingerprint density at radius 3 is 1.62 bits per heavy atom. The van der Waals surface area contributed by atoms with Gasteiger partial charge in [-0.25, -0.2) is 0 Å². The second-order valence-electron chi connectivity index (χ2n) is 4.74. The van der Waals surface area contributed by atoms with Crippen LogP contribution in [0, 0.1) is 0 Å². The summed E-state index contributed by atoms with van der Waals surface area (Å²) >= 11 is 0. The van der Waals surface area contributed by atoms with Crippen LogP contribution in [-0.4, -0.2) is 24.3 Å². The van der Waals surface area contributed by atoms with E-state index in [-0.39, 0.29) is 11.5 Å². The molecule has 0 heterocycles. The van der Waals surface area contributed by atoms with Gasteiger partial charge in [0.15, 0.2) is 0 Å². The molecule has 2 aromatic rings. The molecular weight excluding hydrogens is 268 g/mol. The number of rotatable bonds is 6. The van der Waals surface area contributed by atoms with Crippen LogP contribution in [0.1, 0.15) is 11.1 Å². The van der Waals surface area contributed by atoms with E-state index >= 15 is 0 Å². The van der Waals surface area contributed by atoms with Crippen molar-refractivity contribution >= 4 is 0 Å². The van der Waals surface area contributed by atoms with Gasteiger partial charge in [0.1, 0.15) is 23.0 Å². The molecule has 0 aliphatic carbocycles. The van der Waals surface area contributed by atoms with Gasteiger partial charge < -0.3 is 25.6 Å². The SMILES string of the molecule is CNCc1cc(Oc2ccc(O)c(CNC)c2)ccc1O. The zero-order valence-corrected chi connectivity index (χ0v) is 12.2. The second-order valence-corrected chi connectivity index (χ2v) is 4.74. The molecule has 5 nitrogen and oxygen atoms in total. The molecule has 0 unspecified atom stereocenters. The van der Waals surface area contributed by atoms with Crippen molar-refractivity contribution in [3.63, 3.8) is 0 Å².